The minimum atomic E-state index is -0.894. The Labute approximate surface area is 210 Å². The van der Waals surface area contributed by atoms with E-state index in [2.05, 4.69) is 20.9 Å². The van der Waals surface area contributed by atoms with Gasteiger partial charge in [0.15, 0.2) is 11.5 Å². The van der Waals surface area contributed by atoms with Crippen molar-refractivity contribution in [1.29, 1.82) is 0 Å². The van der Waals surface area contributed by atoms with Crippen LogP contribution >= 0.6 is 15.9 Å². The molecule has 0 aliphatic carbocycles. The van der Waals surface area contributed by atoms with Crippen LogP contribution in [-0.4, -0.2) is 57.1 Å². The average molecular weight is 542 g/mol. The number of hydrogen-bond donors (Lipinski definition) is 2. The van der Waals surface area contributed by atoms with E-state index >= 15 is 0 Å². The third kappa shape index (κ3) is 4.74. The number of phenolic OH excluding ortho intramolecular Hbond substituents is 1. The van der Waals surface area contributed by atoms with Crippen LogP contribution in [0.5, 0.6) is 17.2 Å². The first-order valence-electron chi connectivity index (χ1n) is 10.8. The summed E-state index contributed by atoms with van der Waals surface area (Å²) in [5, 5.41) is 21.5. The van der Waals surface area contributed by atoms with Gasteiger partial charge in [-0.3, -0.25) is 9.59 Å². The second-order valence-electron chi connectivity index (χ2n) is 7.93. The van der Waals surface area contributed by atoms with Gasteiger partial charge in [0.1, 0.15) is 11.5 Å². The van der Waals surface area contributed by atoms with Crippen molar-refractivity contribution in [2.75, 3.05) is 20.8 Å². The van der Waals surface area contributed by atoms with Crippen LogP contribution in [0.3, 0.4) is 0 Å². The number of halogens is 1. The number of aromatic nitrogens is 2. The highest BCUT2D eigenvalue weighted by molar-refractivity contribution is 9.10. The largest absolute Gasteiger partial charge is 0.507 e. The topological polar surface area (TPSA) is 114 Å². The van der Waals surface area contributed by atoms with E-state index in [1.807, 2.05) is 10.8 Å². The first kappa shape index (κ1) is 24.3. The number of aliphatic hydroxyl groups is 1. The first-order valence-corrected chi connectivity index (χ1v) is 11.6. The van der Waals surface area contributed by atoms with Gasteiger partial charge >= 0.3 is 0 Å². The molecule has 2 N–H and O–H groups in total. The van der Waals surface area contributed by atoms with Crippen LogP contribution in [0.15, 0.2) is 65.2 Å². The minimum Gasteiger partial charge on any atom is -0.507 e. The molecular formula is C25H24BrN3O6. The SMILES string of the molecule is COc1cccc(/C(O)=C2\C(=O)C(=O)N(CCCn3ccnc3)C2c2cc(Br)c(O)c(OC)c2)c1. The Morgan fingerprint density at radius 3 is 2.63 bits per heavy atom. The van der Waals surface area contributed by atoms with Crippen LogP contribution in [0.2, 0.25) is 0 Å². The van der Waals surface area contributed by atoms with Gasteiger partial charge in [0, 0.05) is 31.0 Å². The molecule has 1 saturated heterocycles. The van der Waals surface area contributed by atoms with Gasteiger partial charge in [0.25, 0.3) is 11.7 Å². The van der Waals surface area contributed by atoms with Crippen molar-refractivity contribution >= 4 is 33.4 Å². The fourth-order valence-corrected chi connectivity index (χ4v) is 4.59. The van der Waals surface area contributed by atoms with Crippen molar-refractivity contribution in [3.05, 3.63) is 76.3 Å². The molecule has 35 heavy (non-hydrogen) atoms. The fourth-order valence-electron chi connectivity index (χ4n) is 4.13. The molecule has 182 valence electrons. The summed E-state index contributed by atoms with van der Waals surface area (Å²) in [4.78, 5) is 31.8. The molecule has 1 fully saturated rings. The van der Waals surface area contributed by atoms with Crippen molar-refractivity contribution in [2.24, 2.45) is 0 Å². The molecule has 1 unspecified atom stereocenters. The maximum atomic E-state index is 13.2. The highest BCUT2D eigenvalue weighted by Gasteiger charge is 2.46. The summed E-state index contributed by atoms with van der Waals surface area (Å²) in [5.74, 6) is -1.27. The van der Waals surface area contributed by atoms with E-state index in [0.29, 0.717) is 34.3 Å². The molecule has 1 aliphatic heterocycles. The number of aryl methyl sites for hydroxylation is 1. The Morgan fingerprint density at radius 2 is 1.94 bits per heavy atom. The smallest absolute Gasteiger partial charge is 0.295 e. The number of amides is 1. The number of imidazole rings is 1. The number of Topliss-reactive ketones (excluding diaryl/α,β-unsaturated/α-hetero) is 1. The van der Waals surface area contributed by atoms with E-state index in [-0.39, 0.29) is 29.4 Å². The average Bonchev–Trinajstić information content (AvgIpc) is 3.47. The van der Waals surface area contributed by atoms with Gasteiger partial charge in [-0.15, -0.1) is 0 Å². The number of carbonyl (C=O) groups excluding carboxylic acids is 2. The molecule has 2 aromatic carbocycles. The van der Waals surface area contributed by atoms with Gasteiger partial charge in [-0.2, -0.15) is 0 Å². The number of nitrogens with zero attached hydrogens (tertiary/aromatic N) is 3. The summed E-state index contributed by atoms with van der Waals surface area (Å²) in [7, 11) is 2.90. The summed E-state index contributed by atoms with van der Waals surface area (Å²) in [5.41, 5.74) is 0.791. The van der Waals surface area contributed by atoms with Gasteiger partial charge in [0.2, 0.25) is 0 Å². The van der Waals surface area contributed by atoms with Gasteiger partial charge in [-0.1, -0.05) is 12.1 Å². The molecule has 0 bridgehead atoms. The molecule has 9 nitrogen and oxygen atoms in total. The van der Waals surface area contributed by atoms with E-state index in [1.54, 1.807) is 48.9 Å². The van der Waals surface area contributed by atoms with Crippen LogP contribution in [-0.2, 0) is 16.1 Å². The number of ketones is 1. The molecule has 1 aliphatic rings. The minimum absolute atomic E-state index is 0.0504. The van der Waals surface area contributed by atoms with E-state index < -0.39 is 17.7 Å². The number of aromatic hydroxyl groups is 1. The van der Waals surface area contributed by atoms with E-state index in [1.165, 1.54) is 19.1 Å². The first-order chi connectivity index (χ1) is 16.8. The molecule has 3 aromatic rings. The highest BCUT2D eigenvalue weighted by Crippen LogP contribution is 2.44. The molecule has 1 amide bonds. The molecule has 0 saturated carbocycles. The fraction of sp³-hybridized carbons (Fsp3) is 0.240. The standard InChI is InChI=1S/C25H24BrN3O6/c1-34-17-6-3-5-15(11-17)22(30)20-21(16-12-18(26)23(31)19(13-16)35-2)29(25(33)24(20)32)9-4-8-28-10-7-27-14-28/h3,5-7,10-14,21,30-31H,4,8-9H2,1-2H3/b22-20+. The summed E-state index contributed by atoms with van der Waals surface area (Å²) < 4.78 is 12.7. The third-order valence-corrected chi connectivity index (χ3v) is 6.45. The van der Waals surface area contributed by atoms with E-state index in [4.69, 9.17) is 9.47 Å². The molecule has 0 spiro atoms. The Kier molecular flexibility index (Phi) is 7.11. The molecule has 1 aromatic heterocycles. The number of rotatable bonds is 8. The zero-order valence-electron chi connectivity index (χ0n) is 19.1. The van der Waals surface area contributed by atoms with E-state index in [9.17, 15) is 19.8 Å². The number of hydrogen-bond acceptors (Lipinski definition) is 7. The number of benzene rings is 2. The maximum absolute atomic E-state index is 13.2. The van der Waals surface area contributed by atoms with Crippen LogP contribution < -0.4 is 9.47 Å². The number of methoxy groups -OCH3 is 2. The zero-order valence-corrected chi connectivity index (χ0v) is 20.7. The number of carbonyl (C=O) groups is 2. The van der Waals surface area contributed by atoms with Crippen molar-refractivity contribution in [1.82, 2.24) is 14.5 Å². The maximum Gasteiger partial charge on any atom is 0.295 e. The van der Waals surface area contributed by atoms with Gasteiger partial charge < -0.3 is 29.2 Å². The second-order valence-corrected chi connectivity index (χ2v) is 8.79. The van der Waals surface area contributed by atoms with Crippen LogP contribution in [0.4, 0.5) is 0 Å². The van der Waals surface area contributed by atoms with E-state index in [0.717, 1.165) is 0 Å². The Bertz CT molecular complexity index is 1290. The molecule has 10 heteroatoms. The van der Waals surface area contributed by atoms with Crippen LogP contribution in [0.25, 0.3) is 5.76 Å². The van der Waals surface area contributed by atoms with Crippen molar-refractivity contribution < 1.29 is 29.3 Å². The number of likely N-dealkylation sites (tertiary alicyclic amines) is 1. The quantitative estimate of drug-likeness (QED) is 0.252. The van der Waals surface area contributed by atoms with Gasteiger partial charge in [-0.05, 0) is 52.2 Å². The molecule has 1 atom stereocenters. The Hall–Kier alpha value is -3.79. The highest BCUT2D eigenvalue weighted by atomic mass is 79.9. The lowest BCUT2D eigenvalue weighted by molar-refractivity contribution is -0.139. The zero-order chi connectivity index (χ0) is 25.1. The van der Waals surface area contributed by atoms with Gasteiger partial charge in [0.05, 0.1) is 36.6 Å². The Morgan fingerprint density at radius 1 is 1.14 bits per heavy atom. The molecular weight excluding hydrogens is 518 g/mol. The van der Waals surface area contributed by atoms with Crippen molar-refractivity contribution in [3.63, 3.8) is 0 Å². The van der Waals surface area contributed by atoms with Crippen molar-refractivity contribution in [3.8, 4) is 17.2 Å². The number of ether oxygens (including phenoxy) is 2. The predicted octanol–water partition coefficient (Wildman–Crippen LogP) is 3.88. The number of phenols is 1. The Balaban J connectivity index is 1.81. The third-order valence-electron chi connectivity index (χ3n) is 5.84. The molecule has 0 radical (unpaired) electrons. The summed E-state index contributed by atoms with van der Waals surface area (Å²) in [6, 6.07) is 8.89. The lowest BCUT2D eigenvalue weighted by Crippen LogP contribution is -2.31. The lowest BCUT2D eigenvalue weighted by Gasteiger charge is -2.26. The second kappa shape index (κ2) is 10.2. The van der Waals surface area contributed by atoms with Crippen LogP contribution in [0, 0.1) is 0 Å². The summed E-state index contributed by atoms with van der Waals surface area (Å²) in [6.07, 6.45) is 5.71. The normalized spacial score (nSPS) is 17.1. The number of aliphatic hydroxyl groups excluding tert-OH is 1. The van der Waals surface area contributed by atoms with Crippen molar-refractivity contribution in [2.45, 2.75) is 19.0 Å². The lowest BCUT2D eigenvalue weighted by atomic mass is 9.95. The summed E-state index contributed by atoms with van der Waals surface area (Å²) in [6.45, 7) is 0.845. The predicted molar refractivity (Wildman–Crippen MR) is 131 cm³/mol. The summed E-state index contributed by atoms with van der Waals surface area (Å²) >= 11 is 3.31. The van der Waals surface area contributed by atoms with Gasteiger partial charge in [-0.25, -0.2) is 4.98 Å². The molecule has 2 heterocycles. The van der Waals surface area contributed by atoms with Crippen LogP contribution in [0.1, 0.15) is 23.6 Å². The molecule has 4 rings (SSSR count). The monoisotopic (exact) mass is 541 g/mol.